The van der Waals surface area contributed by atoms with Gasteiger partial charge in [0, 0.05) is 12.4 Å². The third-order valence-corrected chi connectivity index (χ3v) is 4.30. The van der Waals surface area contributed by atoms with Crippen LogP contribution in [0.3, 0.4) is 0 Å². The van der Waals surface area contributed by atoms with Crippen LogP contribution in [0.2, 0.25) is 0 Å². The van der Waals surface area contributed by atoms with Gasteiger partial charge in [0.05, 0.1) is 17.3 Å². The Labute approximate surface area is 154 Å². The van der Waals surface area contributed by atoms with Crippen LogP contribution in [0.5, 0.6) is 5.75 Å². The highest BCUT2D eigenvalue weighted by molar-refractivity contribution is 5.97. The minimum atomic E-state index is -0.112. The molecule has 0 aliphatic carbocycles. The quantitative estimate of drug-likeness (QED) is 0.722. The van der Waals surface area contributed by atoms with Crippen LogP contribution in [-0.2, 0) is 0 Å². The molecule has 1 atom stereocenters. The molecule has 4 heteroatoms. The molecule has 0 bridgehead atoms. The van der Waals surface area contributed by atoms with Crippen LogP contribution >= 0.6 is 0 Å². The summed E-state index contributed by atoms with van der Waals surface area (Å²) in [5.74, 6) is 0.785. The van der Waals surface area contributed by atoms with Gasteiger partial charge in [-0.25, -0.2) is 0 Å². The van der Waals surface area contributed by atoms with E-state index in [9.17, 15) is 4.79 Å². The van der Waals surface area contributed by atoms with Crippen LogP contribution < -0.4 is 10.1 Å². The van der Waals surface area contributed by atoms with E-state index >= 15 is 0 Å². The van der Waals surface area contributed by atoms with E-state index in [0.29, 0.717) is 12.2 Å². The highest BCUT2D eigenvalue weighted by atomic mass is 16.5. The molecule has 134 valence electrons. The number of nitrogens with zero attached hydrogens (tertiary/aromatic N) is 1. The average Bonchev–Trinajstić information content (AvgIpc) is 3.16. The van der Waals surface area contributed by atoms with E-state index in [-0.39, 0.29) is 11.9 Å². The second-order valence-corrected chi connectivity index (χ2v) is 6.51. The summed E-state index contributed by atoms with van der Waals surface area (Å²) in [6, 6.07) is 17.4. The largest absolute Gasteiger partial charge is 0.491 e. The summed E-state index contributed by atoms with van der Waals surface area (Å²) in [7, 11) is 0. The number of aromatic nitrogens is 1. The number of ether oxygens (including phenoxy) is 1. The maximum absolute atomic E-state index is 12.7. The fourth-order valence-corrected chi connectivity index (χ4v) is 2.96. The summed E-state index contributed by atoms with van der Waals surface area (Å²) in [5.41, 5.74) is 3.70. The van der Waals surface area contributed by atoms with Crippen LogP contribution in [0.4, 0.5) is 0 Å². The molecule has 0 spiro atoms. The smallest absolute Gasteiger partial charge is 0.253 e. The van der Waals surface area contributed by atoms with Gasteiger partial charge in [-0.05, 0) is 56.2 Å². The summed E-state index contributed by atoms with van der Waals surface area (Å²) >= 11 is 0. The zero-order chi connectivity index (χ0) is 18.5. The SMILES string of the molecule is Cc1cccc(C)c1OCC(C)NC(=O)c1ccccc1-n1cccc1. The van der Waals surface area contributed by atoms with Crippen LogP contribution in [0.1, 0.15) is 28.4 Å². The Morgan fingerprint density at radius 1 is 1.00 bits per heavy atom. The van der Waals surface area contributed by atoms with Gasteiger partial charge >= 0.3 is 0 Å². The van der Waals surface area contributed by atoms with Gasteiger partial charge < -0.3 is 14.6 Å². The molecule has 0 saturated carbocycles. The minimum Gasteiger partial charge on any atom is -0.491 e. The average molecular weight is 348 g/mol. The molecule has 1 aromatic heterocycles. The maximum Gasteiger partial charge on any atom is 0.253 e. The molecule has 1 N–H and O–H groups in total. The molecule has 0 aliphatic rings. The molecule has 3 aromatic rings. The molecular weight excluding hydrogens is 324 g/mol. The number of benzene rings is 2. The van der Waals surface area contributed by atoms with Crippen molar-refractivity contribution in [2.45, 2.75) is 26.8 Å². The van der Waals surface area contributed by atoms with Crippen molar-refractivity contribution < 1.29 is 9.53 Å². The standard InChI is InChI=1S/C22H24N2O2/c1-16-9-8-10-17(2)21(16)26-15-18(3)23-22(25)19-11-4-5-12-20(19)24-13-6-7-14-24/h4-14,18H,15H2,1-3H3,(H,23,25). The molecule has 1 heterocycles. The first-order valence-electron chi connectivity index (χ1n) is 8.78. The number of hydrogen-bond donors (Lipinski definition) is 1. The number of hydrogen-bond acceptors (Lipinski definition) is 2. The fourth-order valence-electron chi connectivity index (χ4n) is 2.96. The molecular formula is C22H24N2O2. The van der Waals surface area contributed by atoms with Crippen LogP contribution in [0, 0.1) is 13.8 Å². The number of nitrogens with one attached hydrogen (secondary N) is 1. The number of amides is 1. The third kappa shape index (κ3) is 3.97. The van der Waals surface area contributed by atoms with Crippen LogP contribution in [0.15, 0.2) is 67.0 Å². The summed E-state index contributed by atoms with van der Waals surface area (Å²) < 4.78 is 7.89. The first-order valence-corrected chi connectivity index (χ1v) is 8.78. The highest BCUT2D eigenvalue weighted by Gasteiger charge is 2.15. The number of rotatable bonds is 6. The van der Waals surface area contributed by atoms with Crippen molar-refractivity contribution in [2.75, 3.05) is 6.61 Å². The van der Waals surface area contributed by atoms with Crippen molar-refractivity contribution in [2.24, 2.45) is 0 Å². The lowest BCUT2D eigenvalue weighted by atomic mass is 10.1. The van der Waals surface area contributed by atoms with Crippen LogP contribution in [-0.4, -0.2) is 23.1 Å². The summed E-state index contributed by atoms with van der Waals surface area (Å²) in [6.07, 6.45) is 3.86. The Hall–Kier alpha value is -3.01. The van der Waals surface area contributed by atoms with E-state index < -0.39 is 0 Å². The Bertz CT molecular complexity index is 865. The first kappa shape index (κ1) is 17.8. The first-order chi connectivity index (χ1) is 12.6. The second-order valence-electron chi connectivity index (χ2n) is 6.51. The highest BCUT2D eigenvalue weighted by Crippen LogP contribution is 2.22. The molecule has 1 unspecified atom stereocenters. The lowest BCUT2D eigenvalue weighted by Crippen LogP contribution is -2.37. The predicted molar refractivity (Wildman–Crippen MR) is 104 cm³/mol. The molecule has 1 amide bonds. The Morgan fingerprint density at radius 2 is 1.65 bits per heavy atom. The molecule has 0 aliphatic heterocycles. The zero-order valence-corrected chi connectivity index (χ0v) is 15.4. The predicted octanol–water partition coefficient (Wildman–Crippen LogP) is 4.29. The molecule has 4 nitrogen and oxygen atoms in total. The maximum atomic E-state index is 12.7. The van der Waals surface area contributed by atoms with Gasteiger partial charge in [-0.2, -0.15) is 0 Å². The second kappa shape index (κ2) is 7.91. The Morgan fingerprint density at radius 3 is 2.35 bits per heavy atom. The Kier molecular flexibility index (Phi) is 5.42. The van der Waals surface area contributed by atoms with Crippen LogP contribution in [0.25, 0.3) is 5.69 Å². The number of para-hydroxylation sites is 2. The molecule has 0 saturated heterocycles. The van der Waals surface area contributed by atoms with Crippen molar-refractivity contribution in [1.82, 2.24) is 9.88 Å². The number of carbonyl (C=O) groups is 1. The van der Waals surface area contributed by atoms with E-state index in [1.54, 1.807) is 0 Å². The minimum absolute atomic E-state index is 0.105. The van der Waals surface area contributed by atoms with Gasteiger partial charge in [-0.15, -0.1) is 0 Å². The van der Waals surface area contributed by atoms with Gasteiger partial charge in [0.15, 0.2) is 0 Å². The molecule has 2 aromatic carbocycles. The van der Waals surface area contributed by atoms with Gasteiger partial charge in [-0.1, -0.05) is 30.3 Å². The van der Waals surface area contributed by atoms with Gasteiger partial charge in [0.1, 0.15) is 12.4 Å². The molecule has 0 radical (unpaired) electrons. The van der Waals surface area contributed by atoms with E-state index in [2.05, 4.69) is 5.32 Å². The molecule has 3 rings (SSSR count). The van der Waals surface area contributed by atoms with Gasteiger partial charge in [0.2, 0.25) is 0 Å². The molecule has 0 fully saturated rings. The lowest BCUT2D eigenvalue weighted by Gasteiger charge is -2.18. The van der Waals surface area contributed by atoms with Crippen molar-refractivity contribution in [3.8, 4) is 11.4 Å². The number of carbonyl (C=O) groups excluding carboxylic acids is 1. The monoisotopic (exact) mass is 348 g/mol. The lowest BCUT2D eigenvalue weighted by molar-refractivity contribution is 0.0926. The summed E-state index contributed by atoms with van der Waals surface area (Å²) in [5, 5.41) is 3.03. The van der Waals surface area contributed by atoms with Crippen molar-refractivity contribution >= 4 is 5.91 Å². The zero-order valence-electron chi connectivity index (χ0n) is 15.4. The van der Waals surface area contributed by atoms with Crippen molar-refractivity contribution in [3.05, 3.63) is 83.7 Å². The summed E-state index contributed by atoms with van der Waals surface area (Å²) in [6.45, 7) is 6.42. The Balaban J connectivity index is 1.67. The normalized spacial score (nSPS) is 11.8. The van der Waals surface area contributed by atoms with Crippen molar-refractivity contribution in [1.29, 1.82) is 0 Å². The number of aryl methyl sites for hydroxylation is 2. The van der Waals surface area contributed by atoms with E-state index in [0.717, 1.165) is 22.6 Å². The fraction of sp³-hybridized carbons (Fsp3) is 0.227. The third-order valence-electron chi connectivity index (χ3n) is 4.30. The van der Waals surface area contributed by atoms with Gasteiger partial charge in [0.25, 0.3) is 5.91 Å². The van der Waals surface area contributed by atoms with E-state index in [4.69, 9.17) is 4.74 Å². The molecule has 26 heavy (non-hydrogen) atoms. The summed E-state index contributed by atoms with van der Waals surface area (Å²) in [4.78, 5) is 12.7. The van der Waals surface area contributed by atoms with E-state index in [1.165, 1.54) is 0 Å². The topological polar surface area (TPSA) is 43.3 Å². The van der Waals surface area contributed by atoms with E-state index in [1.807, 2.05) is 92.3 Å². The van der Waals surface area contributed by atoms with Crippen molar-refractivity contribution in [3.63, 3.8) is 0 Å². The van der Waals surface area contributed by atoms with Gasteiger partial charge in [-0.3, -0.25) is 4.79 Å².